The topological polar surface area (TPSA) is 68.3 Å². The molecule has 5 nitrogen and oxygen atoms in total. The number of aromatic nitrogens is 1. The standard InChI is InChI=1S/C23H22N2O3/c1-16-13-18(15-24)14-20-22(16)28-23(25-20)19-9-7-17(8-10-19)5-4-12-27-21-6-2-3-11-26-21/h4-5,7-10,13-14,21H,2-3,6,11-12H2,1H3/b5-4-. The Morgan fingerprint density at radius 2 is 2.11 bits per heavy atom. The van der Waals surface area contributed by atoms with Gasteiger partial charge in [-0.3, -0.25) is 0 Å². The third kappa shape index (κ3) is 4.14. The fourth-order valence-electron chi connectivity index (χ4n) is 3.31. The van der Waals surface area contributed by atoms with E-state index in [9.17, 15) is 0 Å². The summed E-state index contributed by atoms with van der Waals surface area (Å²) in [7, 11) is 0. The van der Waals surface area contributed by atoms with E-state index in [1.54, 1.807) is 6.07 Å². The van der Waals surface area contributed by atoms with Crippen molar-refractivity contribution in [1.29, 1.82) is 5.26 Å². The van der Waals surface area contributed by atoms with Gasteiger partial charge in [-0.1, -0.05) is 24.3 Å². The maximum atomic E-state index is 9.11. The molecule has 0 amide bonds. The Labute approximate surface area is 164 Å². The van der Waals surface area contributed by atoms with Gasteiger partial charge in [0.25, 0.3) is 0 Å². The van der Waals surface area contributed by atoms with E-state index in [2.05, 4.69) is 11.1 Å². The minimum atomic E-state index is -0.0649. The van der Waals surface area contributed by atoms with E-state index in [0.717, 1.165) is 41.7 Å². The fourth-order valence-corrected chi connectivity index (χ4v) is 3.31. The predicted octanol–water partition coefficient (Wildman–Crippen LogP) is 5.23. The molecular weight excluding hydrogens is 352 g/mol. The Morgan fingerprint density at radius 3 is 2.86 bits per heavy atom. The normalized spacial score (nSPS) is 17.2. The number of rotatable bonds is 5. The molecule has 0 N–H and O–H groups in total. The highest BCUT2D eigenvalue weighted by molar-refractivity contribution is 5.81. The minimum absolute atomic E-state index is 0.0649. The zero-order valence-corrected chi connectivity index (χ0v) is 15.9. The molecule has 142 valence electrons. The van der Waals surface area contributed by atoms with Gasteiger partial charge in [-0.05, 0) is 61.6 Å². The van der Waals surface area contributed by atoms with Crippen LogP contribution < -0.4 is 0 Å². The van der Waals surface area contributed by atoms with Gasteiger partial charge in [-0.15, -0.1) is 0 Å². The first-order valence-electron chi connectivity index (χ1n) is 9.54. The molecule has 1 aromatic heterocycles. The molecular formula is C23H22N2O3. The van der Waals surface area contributed by atoms with Gasteiger partial charge in [0.2, 0.25) is 5.89 Å². The first kappa shape index (κ1) is 18.4. The quantitative estimate of drug-likeness (QED) is 0.611. The Balaban J connectivity index is 1.43. The number of nitriles is 1. The van der Waals surface area contributed by atoms with Gasteiger partial charge in [-0.25, -0.2) is 4.98 Å². The predicted molar refractivity (Wildman–Crippen MR) is 107 cm³/mol. The van der Waals surface area contributed by atoms with E-state index in [1.165, 1.54) is 6.42 Å². The molecule has 0 bridgehead atoms. The highest BCUT2D eigenvalue weighted by Gasteiger charge is 2.13. The molecule has 2 heterocycles. The summed E-state index contributed by atoms with van der Waals surface area (Å²) in [6.45, 7) is 3.26. The summed E-state index contributed by atoms with van der Waals surface area (Å²) in [6.07, 6.45) is 7.23. The lowest BCUT2D eigenvalue weighted by atomic mass is 10.1. The van der Waals surface area contributed by atoms with Crippen LogP contribution in [0.4, 0.5) is 0 Å². The van der Waals surface area contributed by atoms with Crippen molar-refractivity contribution in [3.8, 4) is 17.5 Å². The molecule has 0 radical (unpaired) electrons. The van der Waals surface area contributed by atoms with Gasteiger partial charge in [0.15, 0.2) is 11.9 Å². The molecule has 3 aromatic rings. The second kappa shape index (κ2) is 8.39. The van der Waals surface area contributed by atoms with E-state index in [-0.39, 0.29) is 6.29 Å². The number of nitrogens with zero attached hydrogens (tertiary/aromatic N) is 2. The highest BCUT2D eigenvalue weighted by Crippen LogP contribution is 2.27. The summed E-state index contributed by atoms with van der Waals surface area (Å²) < 4.78 is 17.2. The van der Waals surface area contributed by atoms with Crippen molar-refractivity contribution < 1.29 is 13.9 Å². The van der Waals surface area contributed by atoms with Gasteiger partial charge in [0.05, 0.1) is 18.2 Å². The number of aryl methyl sites for hydroxylation is 1. The maximum Gasteiger partial charge on any atom is 0.227 e. The first-order chi connectivity index (χ1) is 13.7. The summed E-state index contributed by atoms with van der Waals surface area (Å²) in [5.74, 6) is 0.557. The molecule has 1 aliphatic rings. The molecule has 1 unspecified atom stereocenters. The number of benzene rings is 2. The molecule has 2 aromatic carbocycles. The van der Waals surface area contributed by atoms with Crippen LogP contribution in [-0.2, 0) is 9.47 Å². The van der Waals surface area contributed by atoms with E-state index >= 15 is 0 Å². The van der Waals surface area contributed by atoms with Crippen molar-refractivity contribution >= 4 is 17.2 Å². The summed E-state index contributed by atoms with van der Waals surface area (Å²) in [5, 5.41) is 9.11. The molecule has 1 fully saturated rings. The number of oxazole rings is 1. The summed E-state index contributed by atoms with van der Waals surface area (Å²) in [6, 6.07) is 13.7. The van der Waals surface area contributed by atoms with Gasteiger partial charge < -0.3 is 13.9 Å². The van der Waals surface area contributed by atoms with Crippen LogP contribution in [0.25, 0.3) is 28.6 Å². The third-order valence-corrected chi connectivity index (χ3v) is 4.79. The van der Waals surface area contributed by atoms with Crippen LogP contribution >= 0.6 is 0 Å². The average Bonchev–Trinajstić information content (AvgIpc) is 3.17. The van der Waals surface area contributed by atoms with Crippen LogP contribution in [-0.4, -0.2) is 24.5 Å². The van der Waals surface area contributed by atoms with E-state index in [4.69, 9.17) is 19.2 Å². The van der Waals surface area contributed by atoms with Crippen molar-refractivity contribution in [3.63, 3.8) is 0 Å². The zero-order chi connectivity index (χ0) is 19.3. The van der Waals surface area contributed by atoms with Crippen LogP contribution in [0, 0.1) is 18.3 Å². The fraction of sp³-hybridized carbons (Fsp3) is 0.304. The molecule has 0 spiro atoms. The number of fused-ring (bicyclic) bond motifs is 1. The van der Waals surface area contributed by atoms with E-state index in [1.807, 2.05) is 49.4 Å². The van der Waals surface area contributed by atoms with Crippen molar-refractivity contribution in [2.75, 3.05) is 13.2 Å². The van der Waals surface area contributed by atoms with Crippen LogP contribution in [0.3, 0.4) is 0 Å². The Bertz CT molecular complexity index is 1020. The van der Waals surface area contributed by atoms with Crippen LogP contribution in [0.5, 0.6) is 0 Å². The largest absolute Gasteiger partial charge is 0.436 e. The first-order valence-corrected chi connectivity index (χ1v) is 9.54. The SMILES string of the molecule is Cc1cc(C#N)cc2nc(-c3ccc(/C=C\COC4CCCCO4)cc3)oc12. The average molecular weight is 374 g/mol. The lowest BCUT2D eigenvalue weighted by molar-refractivity contribution is -0.155. The van der Waals surface area contributed by atoms with Gasteiger partial charge in [0, 0.05) is 12.2 Å². The maximum absolute atomic E-state index is 9.11. The Morgan fingerprint density at radius 1 is 1.25 bits per heavy atom. The number of hydrogen-bond donors (Lipinski definition) is 0. The molecule has 1 aliphatic heterocycles. The molecule has 0 aliphatic carbocycles. The zero-order valence-electron chi connectivity index (χ0n) is 15.9. The van der Waals surface area contributed by atoms with Crippen LogP contribution in [0.1, 0.15) is 36.0 Å². The molecule has 1 atom stereocenters. The number of hydrogen-bond acceptors (Lipinski definition) is 5. The van der Waals surface area contributed by atoms with Gasteiger partial charge in [-0.2, -0.15) is 5.26 Å². The van der Waals surface area contributed by atoms with Gasteiger partial charge in [0.1, 0.15) is 5.52 Å². The molecule has 0 saturated carbocycles. The highest BCUT2D eigenvalue weighted by atomic mass is 16.7. The van der Waals surface area contributed by atoms with E-state index in [0.29, 0.717) is 23.6 Å². The smallest absolute Gasteiger partial charge is 0.227 e. The van der Waals surface area contributed by atoms with Gasteiger partial charge >= 0.3 is 0 Å². The van der Waals surface area contributed by atoms with Crippen molar-refractivity contribution in [2.45, 2.75) is 32.5 Å². The molecule has 28 heavy (non-hydrogen) atoms. The summed E-state index contributed by atoms with van der Waals surface area (Å²) in [5.41, 5.74) is 4.91. The lowest BCUT2D eigenvalue weighted by Crippen LogP contribution is -2.22. The summed E-state index contributed by atoms with van der Waals surface area (Å²) in [4.78, 5) is 4.54. The van der Waals surface area contributed by atoms with Crippen LogP contribution in [0.15, 0.2) is 46.9 Å². The second-order valence-electron chi connectivity index (χ2n) is 6.93. The minimum Gasteiger partial charge on any atom is -0.436 e. The Kier molecular flexibility index (Phi) is 5.52. The molecule has 5 heteroatoms. The monoisotopic (exact) mass is 374 g/mol. The molecule has 1 saturated heterocycles. The Hall–Kier alpha value is -2.94. The molecule has 4 rings (SSSR count). The van der Waals surface area contributed by atoms with Crippen LogP contribution in [0.2, 0.25) is 0 Å². The van der Waals surface area contributed by atoms with E-state index < -0.39 is 0 Å². The second-order valence-corrected chi connectivity index (χ2v) is 6.93. The summed E-state index contributed by atoms with van der Waals surface area (Å²) >= 11 is 0. The van der Waals surface area contributed by atoms with Crippen molar-refractivity contribution in [1.82, 2.24) is 4.98 Å². The number of ether oxygens (including phenoxy) is 2. The third-order valence-electron chi connectivity index (χ3n) is 4.79. The van der Waals surface area contributed by atoms with Crippen molar-refractivity contribution in [2.24, 2.45) is 0 Å². The lowest BCUT2D eigenvalue weighted by Gasteiger charge is -2.21. The van der Waals surface area contributed by atoms with Crippen molar-refractivity contribution in [3.05, 3.63) is 59.2 Å².